The van der Waals surface area contributed by atoms with Crippen LogP contribution in [0.2, 0.25) is 0 Å². The van der Waals surface area contributed by atoms with Gasteiger partial charge in [0.25, 0.3) is 0 Å². The van der Waals surface area contributed by atoms with E-state index in [0.717, 1.165) is 26.1 Å². The molecule has 0 aromatic heterocycles. The van der Waals surface area contributed by atoms with Crippen LogP contribution in [0.25, 0.3) is 0 Å². The molecular formula is C12H22N2O. The zero-order valence-electron chi connectivity index (χ0n) is 9.83. The van der Waals surface area contributed by atoms with Crippen molar-refractivity contribution in [1.29, 1.82) is 0 Å². The van der Waals surface area contributed by atoms with Crippen molar-refractivity contribution in [3.05, 3.63) is 0 Å². The highest BCUT2D eigenvalue weighted by atomic mass is 16.2. The highest BCUT2D eigenvalue weighted by molar-refractivity contribution is 5.80. The molecule has 86 valence electrons. The smallest absolute Gasteiger partial charge is 0.227 e. The summed E-state index contributed by atoms with van der Waals surface area (Å²) < 4.78 is 0. The molecule has 1 amide bonds. The first kappa shape index (κ1) is 10.9. The first-order chi connectivity index (χ1) is 7.20. The van der Waals surface area contributed by atoms with Gasteiger partial charge in [-0.1, -0.05) is 13.8 Å². The van der Waals surface area contributed by atoms with Gasteiger partial charge in [-0.15, -0.1) is 0 Å². The molecule has 2 aliphatic heterocycles. The minimum Gasteiger partial charge on any atom is -0.342 e. The highest BCUT2D eigenvalue weighted by Crippen LogP contribution is 2.25. The fourth-order valence-electron chi connectivity index (χ4n) is 2.88. The number of rotatable bonds is 2. The van der Waals surface area contributed by atoms with Crippen molar-refractivity contribution in [1.82, 2.24) is 10.2 Å². The van der Waals surface area contributed by atoms with Crippen molar-refractivity contribution in [2.45, 2.75) is 39.2 Å². The van der Waals surface area contributed by atoms with E-state index in [0.29, 0.717) is 17.9 Å². The molecule has 0 aliphatic carbocycles. The van der Waals surface area contributed by atoms with E-state index >= 15 is 0 Å². The molecule has 2 atom stereocenters. The second kappa shape index (κ2) is 4.52. The maximum Gasteiger partial charge on any atom is 0.227 e. The van der Waals surface area contributed by atoms with Gasteiger partial charge in [-0.2, -0.15) is 0 Å². The Labute approximate surface area is 92.2 Å². The molecule has 2 aliphatic rings. The second-order valence-corrected chi connectivity index (χ2v) is 5.15. The first-order valence-electron chi connectivity index (χ1n) is 6.22. The molecule has 0 aromatic carbocycles. The molecule has 0 aromatic rings. The van der Waals surface area contributed by atoms with Crippen LogP contribution in [0.3, 0.4) is 0 Å². The minimum absolute atomic E-state index is 0.239. The summed E-state index contributed by atoms with van der Waals surface area (Å²) in [5.41, 5.74) is 0. The molecule has 3 heteroatoms. The standard InChI is InChI=1S/C12H22N2O/c1-9(2)11-10(5-6-13-11)12(15)14-7-3-4-8-14/h9-11,13H,3-8H2,1-2H3. The molecule has 1 N–H and O–H groups in total. The van der Waals surface area contributed by atoms with Crippen molar-refractivity contribution >= 4 is 5.91 Å². The number of hydrogen-bond acceptors (Lipinski definition) is 2. The molecule has 2 fully saturated rings. The maximum absolute atomic E-state index is 12.2. The average Bonchev–Trinajstić information content (AvgIpc) is 2.88. The predicted molar refractivity (Wildman–Crippen MR) is 60.5 cm³/mol. The van der Waals surface area contributed by atoms with Gasteiger partial charge < -0.3 is 10.2 Å². The Kier molecular flexibility index (Phi) is 3.29. The average molecular weight is 210 g/mol. The van der Waals surface area contributed by atoms with Crippen molar-refractivity contribution < 1.29 is 4.79 Å². The maximum atomic E-state index is 12.2. The van der Waals surface area contributed by atoms with Gasteiger partial charge in [0.05, 0.1) is 5.92 Å². The van der Waals surface area contributed by atoms with Gasteiger partial charge >= 0.3 is 0 Å². The Morgan fingerprint density at radius 2 is 2.00 bits per heavy atom. The van der Waals surface area contributed by atoms with E-state index in [1.165, 1.54) is 12.8 Å². The molecular weight excluding hydrogens is 188 g/mol. The summed E-state index contributed by atoms with van der Waals surface area (Å²) in [6, 6.07) is 0.401. The Morgan fingerprint density at radius 1 is 1.33 bits per heavy atom. The molecule has 0 spiro atoms. The molecule has 2 saturated heterocycles. The van der Waals surface area contributed by atoms with Gasteiger partial charge in [-0.25, -0.2) is 0 Å². The summed E-state index contributed by atoms with van der Waals surface area (Å²) in [6.45, 7) is 7.38. The number of hydrogen-bond donors (Lipinski definition) is 1. The van der Waals surface area contributed by atoms with E-state index in [1.54, 1.807) is 0 Å². The van der Waals surface area contributed by atoms with Gasteiger partial charge in [-0.05, 0) is 31.7 Å². The highest BCUT2D eigenvalue weighted by Gasteiger charge is 2.37. The zero-order chi connectivity index (χ0) is 10.8. The Morgan fingerprint density at radius 3 is 2.60 bits per heavy atom. The molecule has 3 nitrogen and oxygen atoms in total. The van der Waals surface area contributed by atoms with E-state index in [9.17, 15) is 4.79 Å². The largest absolute Gasteiger partial charge is 0.342 e. The topological polar surface area (TPSA) is 32.3 Å². The molecule has 0 radical (unpaired) electrons. The Hall–Kier alpha value is -0.570. The van der Waals surface area contributed by atoms with Gasteiger partial charge in [0.1, 0.15) is 0 Å². The molecule has 0 saturated carbocycles. The quantitative estimate of drug-likeness (QED) is 0.744. The summed E-state index contributed by atoms with van der Waals surface area (Å²) in [7, 11) is 0. The number of nitrogens with zero attached hydrogens (tertiary/aromatic N) is 1. The Balaban J connectivity index is 1.99. The fraction of sp³-hybridized carbons (Fsp3) is 0.917. The molecule has 2 heterocycles. The lowest BCUT2D eigenvalue weighted by molar-refractivity contribution is -0.135. The van der Waals surface area contributed by atoms with Gasteiger partial charge in [-0.3, -0.25) is 4.79 Å². The van der Waals surface area contributed by atoms with Gasteiger partial charge in [0.2, 0.25) is 5.91 Å². The van der Waals surface area contributed by atoms with E-state index < -0.39 is 0 Å². The molecule has 2 unspecified atom stereocenters. The minimum atomic E-state index is 0.239. The summed E-state index contributed by atoms with van der Waals surface area (Å²) in [6.07, 6.45) is 3.41. The lowest BCUT2D eigenvalue weighted by atomic mass is 9.91. The number of likely N-dealkylation sites (tertiary alicyclic amines) is 1. The van der Waals surface area contributed by atoms with Gasteiger partial charge in [0.15, 0.2) is 0 Å². The summed E-state index contributed by atoms with van der Waals surface area (Å²) in [5.74, 6) is 1.20. The van der Waals surface area contributed by atoms with Crippen LogP contribution in [0, 0.1) is 11.8 Å². The third kappa shape index (κ3) is 2.17. The Bertz CT molecular complexity index is 234. The third-order valence-electron chi connectivity index (χ3n) is 3.72. The molecule has 0 bridgehead atoms. The van der Waals surface area contributed by atoms with Crippen molar-refractivity contribution in [2.24, 2.45) is 11.8 Å². The number of carbonyl (C=O) groups is 1. The first-order valence-corrected chi connectivity index (χ1v) is 6.22. The lowest BCUT2D eigenvalue weighted by Crippen LogP contribution is -2.42. The molecule has 15 heavy (non-hydrogen) atoms. The predicted octanol–water partition coefficient (Wildman–Crippen LogP) is 1.24. The van der Waals surface area contributed by atoms with Crippen molar-refractivity contribution in [3.8, 4) is 0 Å². The zero-order valence-corrected chi connectivity index (χ0v) is 9.83. The van der Waals surface area contributed by atoms with E-state index in [-0.39, 0.29) is 5.92 Å². The van der Waals surface area contributed by atoms with Gasteiger partial charge in [0, 0.05) is 19.1 Å². The summed E-state index contributed by atoms with van der Waals surface area (Å²) >= 11 is 0. The summed E-state index contributed by atoms with van der Waals surface area (Å²) in [5, 5.41) is 3.46. The number of nitrogens with one attached hydrogen (secondary N) is 1. The van der Waals surface area contributed by atoms with E-state index in [4.69, 9.17) is 0 Å². The van der Waals surface area contributed by atoms with Crippen LogP contribution in [0.15, 0.2) is 0 Å². The van der Waals surface area contributed by atoms with Crippen LogP contribution < -0.4 is 5.32 Å². The number of carbonyl (C=O) groups excluding carboxylic acids is 1. The van der Waals surface area contributed by atoms with Crippen LogP contribution in [0.1, 0.15) is 33.1 Å². The van der Waals surface area contributed by atoms with Crippen LogP contribution in [0.5, 0.6) is 0 Å². The van der Waals surface area contributed by atoms with E-state index in [2.05, 4.69) is 24.1 Å². The third-order valence-corrected chi connectivity index (χ3v) is 3.72. The SMILES string of the molecule is CC(C)C1NCCC1C(=O)N1CCCC1. The van der Waals surface area contributed by atoms with Crippen LogP contribution >= 0.6 is 0 Å². The van der Waals surface area contributed by atoms with Crippen LogP contribution in [0.4, 0.5) is 0 Å². The summed E-state index contributed by atoms with van der Waals surface area (Å²) in [4.78, 5) is 14.3. The second-order valence-electron chi connectivity index (χ2n) is 5.15. The molecule has 2 rings (SSSR count). The van der Waals surface area contributed by atoms with Crippen molar-refractivity contribution in [2.75, 3.05) is 19.6 Å². The normalized spacial score (nSPS) is 31.5. The van der Waals surface area contributed by atoms with Crippen LogP contribution in [-0.2, 0) is 4.79 Å². The van der Waals surface area contributed by atoms with Crippen molar-refractivity contribution in [3.63, 3.8) is 0 Å². The lowest BCUT2D eigenvalue weighted by Gasteiger charge is -2.26. The van der Waals surface area contributed by atoms with Crippen LogP contribution in [-0.4, -0.2) is 36.5 Å². The van der Waals surface area contributed by atoms with E-state index in [1.807, 2.05) is 0 Å². The monoisotopic (exact) mass is 210 g/mol. The number of amides is 1. The fourth-order valence-corrected chi connectivity index (χ4v) is 2.88.